The number of nitrogens with zero attached hydrogens (tertiary/aromatic N) is 3. The number of amides is 1. The molecule has 1 fully saturated rings. The molecule has 0 radical (unpaired) electrons. The molecule has 158 valence electrons. The second-order valence-corrected chi connectivity index (χ2v) is 7.08. The van der Waals surface area contributed by atoms with E-state index in [0.29, 0.717) is 37.9 Å². The zero-order valence-corrected chi connectivity index (χ0v) is 16.6. The monoisotopic (exact) mass is 414 g/mol. The predicted molar refractivity (Wildman–Crippen MR) is 107 cm³/mol. The van der Waals surface area contributed by atoms with Gasteiger partial charge in [0.25, 0.3) is 0 Å². The minimum Gasteiger partial charge on any atom is -0.467 e. The number of hydrogen-bond donors (Lipinski definition) is 1. The standard InChI is InChI=1S/C21H23FN4O4/c1-2-29-20(28)17-18(16-4-3-13-30-16)23-21(24-19(17)27)26-11-9-25(10-12-26)15-7-5-14(22)6-8-15/h3-8,13,17-18H,2,9-12H2,1H3,(H,23,24,27)/t17-,18-/m0/s1. The van der Waals surface area contributed by atoms with Crippen molar-refractivity contribution in [2.75, 3.05) is 37.7 Å². The number of furan rings is 1. The molecule has 4 rings (SSSR count). The lowest BCUT2D eigenvalue weighted by atomic mass is 9.95. The molecule has 0 bridgehead atoms. The lowest BCUT2D eigenvalue weighted by Crippen LogP contribution is -2.57. The number of ether oxygens (including phenoxy) is 1. The molecular formula is C21H23FN4O4. The number of nitrogens with one attached hydrogen (secondary N) is 1. The summed E-state index contributed by atoms with van der Waals surface area (Å²) < 4.78 is 23.7. The SMILES string of the molecule is CCOC(=O)[C@@H]1C(=O)NC(N2CCN(c3ccc(F)cc3)CC2)=N[C@H]1c1ccco1. The van der Waals surface area contributed by atoms with Crippen molar-refractivity contribution in [1.29, 1.82) is 0 Å². The third-order valence-corrected chi connectivity index (χ3v) is 5.24. The van der Waals surface area contributed by atoms with Crippen LogP contribution in [0.2, 0.25) is 0 Å². The maximum Gasteiger partial charge on any atom is 0.321 e. The van der Waals surface area contributed by atoms with Gasteiger partial charge in [-0.05, 0) is 43.3 Å². The Balaban J connectivity index is 1.51. The molecule has 8 nitrogen and oxygen atoms in total. The van der Waals surface area contributed by atoms with Gasteiger partial charge in [0.2, 0.25) is 11.9 Å². The Morgan fingerprint density at radius 2 is 1.90 bits per heavy atom. The number of piperazine rings is 1. The Labute approximate surface area is 173 Å². The summed E-state index contributed by atoms with van der Waals surface area (Å²) in [5.74, 6) is -1.59. The number of hydrogen-bond acceptors (Lipinski definition) is 7. The Kier molecular flexibility index (Phi) is 5.69. The highest BCUT2D eigenvalue weighted by Crippen LogP contribution is 2.31. The van der Waals surface area contributed by atoms with Crippen molar-refractivity contribution in [3.63, 3.8) is 0 Å². The summed E-state index contributed by atoms with van der Waals surface area (Å²) in [5.41, 5.74) is 0.946. The van der Waals surface area contributed by atoms with Crippen LogP contribution in [0.25, 0.3) is 0 Å². The molecule has 0 saturated carbocycles. The molecule has 1 saturated heterocycles. The predicted octanol–water partition coefficient (Wildman–Crippen LogP) is 1.95. The van der Waals surface area contributed by atoms with Crippen LogP contribution in [0.15, 0.2) is 52.1 Å². The van der Waals surface area contributed by atoms with Crippen LogP contribution in [0.1, 0.15) is 18.7 Å². The van der Waals surface area contributed by atoms with E-state index in [-0.39, 0.29) is 12.4 Å². The quantitative estimate of drug-likeness (QED) is 0.608. The van der Waals surface area contributed by atoms with Gasteiger partial charge in [0.05, 0.1) is 12.9 Å². The largest absolute Gasteiger partial charge is 0.467 e. The first-order valence-electron chi connectivity index (χ1n) is 9.91. The second kappa shape index (κ2) is 8.56. The highest BCUT2D eigenvalue weighted by atomic mass is 19.1. The van der Waals surface area contributed by atoms with E-state index in [1.165, 1.54) is 18.4 Å². The lowest BCUT2D eigenvalue weighted by Gasteiger charge is -2.39. The molecule has 9 heteroatoms. The van der Waals surface area contributed by atoms with E-state index in [0.717, 1.165) is 5.69 Å². The van der Waals surface area contributed by atoms with Crippen molar-refractivity contribution in [3.05, 3.63) is 54.2 Å². The van der Waals surface area contributed by atoms with Gasteiger partial charge in [-0.15, -0.1) is 0 Å². The fraction of sp³-hybridized carbons (Fsp3) is 0.381. The molecule has 2 aliphatic rings. The van der Waals surface area contributed by atoms with Crippen molar-refractivity contribution in [2.24, 2.45) is 10.9 Å². The molecule has 1 N–H and O–H groups in total. The van der Waals surface area contributed by atoms with Crippen LogP contribution in [0.4, 0.5) is 10.1 Å². The summed E-state index contributed by atoms with van der Waals surface area (Å²) in [5, 5.41) is 2.76. The summed E-state index contributed by atoms with van der Waals surface area (Å²) in [4.78, 5) is 33.9. The summed E-state index contributed by atoms with van der Waals surface area (Å²) in [6.45, 7) is 4.47. The van der Waals surface area contributed by atoms with Gasteiger partial charge in [-0.3, -0.25) is 14.9 Å². The first-order valence-corrected chi connectivity index (χ1v) is 9.91. The Morgan fingerprint density at radius 1 is 1.20 bits per heavy atom. The zero-order valence-electron chi connectivity index (χ0n) is 16.6. The number of rotatable bonds is 4. The molecule has 2 aromatic rings. The van der Waals surface area contributed by atoms with E-state index < -0.39 is 23.8 Å². The van der Waals surface area contributed by atoms with E-state index in [4.69, 9.17) is 9.15 Å². The third kappa shape index (κ3) is 4.00. The van der Waals surface area contributed by atoms with E-state index in [9.17, 15) is 14.0 Å². The molecule has 2 aliphatic heterocycles. The lowest BCUT2D eigenvalue weighted by molar-refractivity contribution is -0.153. The summed E-state index contributed by atoms with van der Waals surface area (Å²) in [6, 6.07) is 9.00. The minimum absolute atomic E-state index is 0.176. The topological polar surface area (TPSA) is 87.4 Å². The van der Waals surface area contributed by atoms with Crippen LogP contribution in [0.3, 0.4) is 0 Å². The number of carbonyl (C=O) groups is 2. The average Bonchev–Trinajstić information content (AvgIpc) is 3.29. The molecule has 30 heavy (non-hydrogen) atoms. The van der Waals surface area contributed by atoms with Gasteiger partial charge in [0, 0.05) is 31.9 Å². The van der Waals surface area contributed by atoms with Crippen LogP contribution in [-0.2, 0) is 14.3 Å². The van der Waals surface area contributed by atoms with E-state index in [1.54, 1.807) is 31.2 Å². The first-order chi connectivity index (χ1) is 14.6. The Hall–Kier alpha value is -3.36. The number of esters is 1. The maximum atomic E-state index is 13.2. The normalized spacial score (nSPS) is 21.8. The van der Waals surface area contributed by atoms with Crippen LogP contribution in [-0.4, -0.2) is 55.5 Å². The number of anilines is 1. The molecule has 1 amide bonds. The van der Waals surface area contributed by atoms with Crippen LogP contribution in [0, 0.1) is 11.7 Å². The molecule has 0 spiro atoms. The highest BCUT2D eigenvalue weighted by molar-refractivity contribution is 6.08. The van der Waals surface area contributed by atoms with Gasteiger partial charge in [-0.1, -0.05) is 0 Å². The fourth-order valence-corrected chi connectivity index (χ4v) is 3.71. The number of guanidine groups is 1. The van der Waals surface area contributed by atoms with Gasteiger partial charge in [0.1, 0.15) is 17.6 Å². The zero-order chi connectivity index (χ0) is 21.1. The average molecular weight is 414 g/mol. The summed E-state index contributed by atoms with van der Waals surface area (Å²) in [6.07, 6.45) is 1.49. The fourth-order valence-electron chi connectivity index (χ4n) is 3.71. The Morgan fingerprint density at radius 3 is 2.53 bits per heavy atom. The molecule has 0 aliphatic carbocycles. The molecule has 1 aromatic heterocycles. The molecule has 0 unspecified atom stereocenters. The second-order valence-electron chi connectivity index (χ2n) is 7.08. The van der Waals surface area contributed by atoms with Gasteiger partial charge < -0.3 is 19.0 Å². The van der Waals surface area contributed by atoms with Crippen molar-refractivity contribution < 1.29 is 23.1 Å². The smallest absolute Gasteiger partial charge is 0.321 e. The molecule has 1 aromatic carbocycles. The van der Waals surface area contributed by atoms with Gasteiger partial charge in [-0.2, -0.15) is 0 Å². The van der Waals surface area contributed by atoms with Gasteiger partial charge in [-0.25, -0.2) is 9.38 Å². The number of carbonyl (C=O) groups excluding carboxylic acids is 2. The van der Waals surface area contributed by atoms with Crippen LogP contribution in [0.5, 0.6) is 0 Å². The number of benzene rings is 1. The first kappa shape index (κ1) is 19.9. The van der Waals surface area contributed by atoms with Gasteiger partial charge in [0.15, 0.2) is 5.92 Å². The Bertz CT molecular complexity index is 921. The van der Waals surface area contributed by atoms with Crippen LogP contribution >= 0.6 is 0 Å². The van der Waals surface area contributed by atoms with Crippen molar-refractivity contribution in [2.45, 2.75) is 13.0 Å². The van der Waals surface area contributed by atoms with E-state index in [2.05, 4.69) is 15.2 Å². The van der Waals surface area contributed by atoms with E-state index >= 15 is 0 Å². The van der Waals surface area contributed by atoms with E-state index in [1.807, 2.05) is 4.90 Å². The maximum absolute atomic E-state index is 13.2. The van der Waals surface area contributed by atoms with Crippen LogP contribution < -0.4 is 10.2 Å². The minimum atomic E-state index is -1.10. The van der Waals surface area contributed by atoms with Crippen molar-refractivity contribution in [1.82, 2.24) is 10.2 Å². The molecule has 2 atom stereocenters. The molecular weight excluding hydrogens is 391 g/mol. The number of halogens is 1. The summed E-state index contributed by atoms with van der Waals surface area (Å²) in [7, 11) is 0. The van der Waals surface area contributed by atoms with Gasteiger partial charge >= 0.3 is 5.97 Å². The van der Waals surface area contributed by atoms with Crippen molar-refractivity contribution in [3.8, 4) is 0 Å². The van der Waals surface area contributed by atoms with Crippen molar-refractivity contribution >= 4 is 23.5 Å². The number of aliphatic imine (C=N–C) groups is 1. The summed E-state index contributed by atoms with van der Waals surface area (Å²) >= 11 is 0. The highest BCUT2D eigenvalue weighted by Gasteiger charge is 2.43. The molecule has 3 heterocycles. The third-order valence-electron chi connectivity index (χ3n) is 5.24.